The van der Waals surface area contributed by atoms with Crippen LogP contribution in [0.2, 0.25) is 0 Å². The molecule has 0 aliphatic carbocycles. The number of aryl methyl sites for hydroxylation is 1. The van der Waals surface area contributed by atoms with E-state index < -0.39 is 0 Å². The molecule has 28 heavy (non-hydrogen) atoms. The molecular weight excluding hydrogens is 352 g/mol. The second kappa shape index (κ2) is 9.11. The molecule has 1 N–H and O–H groups in total. The SMILES string of the molecule is CCOc1cc2c(cc1CN(C)CC(=O)Nc1ccccc1CC)OC(C)C2. The maximum atomic E-state index is 12.5. The van der Waals surface area contributed by atoms with Crippen molar-refractivity contribution in [1.29, 1.82) is 0 Å². The molecule has 5 heteroatoms. The molecule has 1 atom stereocenters. The first-order chi connectivity index (χ1) is 13.5. The molecule has 0 radical (unpaired) electrons. The van der Waals surface area contributed by atoms with Gasteiger partial charge in [0.1, 0.15) is 17.6 Å². The van der Waals surface area contributed by atoms with E-state index in [1.807, 2.05) is 43.1 Å². The van der Waals surface area contributed by atoms with Crippen molar-refractivity contribution in [2.75, 3.05) is 25.5 Å². The molecule has 3 rings (SSSR count). The van der Waals surface area contributed by atoms with Crippen molar-refractivity contribution in [3.05, 3.63) is 53.1 Å². The third-order valence-electron chi connectivity index (χ3n) is 4.91. The second-order valence-corrected chi connectivity index (χ2v) is 7.36. The first kappa shape index (κ1) is 20.2. The number of nitrogens with one attached hydrogen (secondary N) is 1. The van der Waals surface area contributed by atoms with Crippen molar-refractivity contribution in [2.45, 2.75) is 46.3 Å². The molecule has 1 aliphatic heterocycles. The summed E-state index contributed by atoms with van der Waals surface area (Å²) in [5.74, 6) is 1.79. The molecule has 0 fully saturated rings. The standard InChI is InChI=1S/C23H30N2O3/c1-5-17-9-7-8-10-20(17)24-23(26)15-25(4)14-19-13-22-18(11-16(3)28-22)12-21(19)27-6-2/h7-10,12-13,16H,5-6,11,14-15H2,1-4H3,(H,24,26). The zero-order valence-corrected chi connectivity index (χ0v) is 17.2. The van der Waals surface area contributed by atoms with Crippen LogP contribution in [0.3, 0.4) is 0 Å². The highest BCUT2D eigenvalue weighted by Crippen LogP contribution is 2.35. The summed E-state index contributed by atoms with van der Waals surface area (Å²) in [5, 5.41) is 3.03. The highest BCUT2D eigenvalue weighted by Gasteiger charge is 2.22. The minimum Gasteiger partial charge on any atom is -0.494 e. The average molecular weight is 383 g/mol. The number of benzene rings is 2. The number of rotatable bonds is 8. The van der Waals surface area contributed by atoms with Gasteiger partial charge in [-0.05, 0) is 51.1 Å². The minimum absolute atomic E-state index is 0.0209. The van der Waals surface area contributed by atoms with Crippen molar-refractivity contribution in [1.82, 2.24) is 4.90 Å². The van der Waals surface area contributed by atoms with Gasteiger partial charge in [-0.15, -0.1) is 0 Å². The number of likely N-dealkylation sites (N-methyl/N-ethyl adjacent to an activating group) is 1. The van der Waals surface area contributed by atoms with Crippen LogP contribution in [-0.2, 0) is 24.2 Å². The smallest absolute Gasteiger partial charge is 0.238 e. The van der Waals surface area contributed by atoms with Crippen LogP contribution in [0.25, 0.3) is 0 Å². The quantitative estimate of drug-likeness (QED) is 0.749. The fourth-order valence-electron chi connectivity index (χ4n) is 3.63. The molecule has 0 aromatic heterocycles. The molecule has 0 saturated carbocycles. The lowest BCUT2D eigenvalue weighted by Crippen LogP contribution is -2.30. The zero-order chi connectivity index (χ0) is 20.1. The van der Waals surface area contributed by atoms with Crippen LogP contribution >= 0.6 is 0 Å². The number of carbonyl (C=O) groups excluding carboxylic acids is 1. The summed E-state index contributed by atoms with van der Waals surface area (Å²) in [7, 11) is 1.94. The molecule has 1 heterocycles. The Morgan fingerprint density at radius 1 is 1.25 bits per heavy atom. The monoisotopic (exact) mass is 382 g/mol. The van der Waals surface area contributed by atoms with Gasteiger partial charge in [-0.25, -0.2) is 0 Å². The van der Waals surface area contributed by atoms with E-state index in [1.165, 1.54) is 5.56 Å². The highest BCUT2D eigenvalue weighted by atomic mass is 16.5. The van der Waals surface area contributed by atoms with Crippen molar-refractivity contribution < 1.29 is 14.3 Å². The molecule has 1 aliphatic rings. The van der Waals surface area contributed by atoms with Crippen LogP contribution in [0.5, 0.6) is 11.5 Å². The summed E-state index contributed by atoms with van der Waals surface area (Å²) in [6.07, 6.45) is 1.99. The highest BCUT2D eigenvalue weighted by molar-refractivity contribution is 5.93. The molecule has 0 saturated heterocycles. The van der Waals surface area contributed by atoms with Gasteiger partial charge in [0.2, 0.25) is 5.91 Å². The summed E-state index contributed by atoms with van der Waals surface area (Å²) in [4.78, 5) is 14.5. The Labute approximate surface area is 167 Å². The molecular formula is C23H30N2O3. The van der Waals surface area contributed by atoms with Gasteiger partial charge in [-0.3, -0.25) is 9.69 Å². The van der Waals surface area contributed by atoms with Crippen LogP contribution < -0.4 is 14.8 Å². The van der Waals surface area contributed by atoms with Crippen molar-refractivity contribution in [3.63, 3.8) is 0 Å². The van der Waals surface area contributed by atoms with Gasteiger partial charge in [0.05, 0.1) is 13.2 Å². The fraction of sp³-hybridized carbons (Fsp3) is 0.435. The Bertz CT molecular complexity index is 835. The summed E-state index contributed by atoms with van der Waals surface area (Å²) in [6.45, 7) is 7.67. The van der Waals surface area contributed by atoms with E-state index in [4.69, 9.17) is 9.47 Å². The molecule has 2 aromatic rings. The van der Waals surface area contributed by atoms with Crippen LogP contribution in [0.1, 0.15) is 37.5 Å². The number of anilines is 1. The van der Waals surface area contributed by atoms with E-state index >= 15 is 0 Å². The molecule has 1 unspecified atom stereocenters. The van der Waals surface area contributed by atoms with Crippen molar-refractivity contribution in [3.8, 4) is 11.5 Å². The largest absolute Gasteiger partial charge is 0.494 e. The van der Waals surface area contributed by atoms with Crippen LogP contribution in [-0.4, -0.2) is 37.1 Å². The number of ether oxygens (including phenoxy) is 2. The lowest BCUT2D eigenvalue weighted by Gasteiger charge is -2.20. The summed E-state index contributed by atoms with van der Waals surface area (Å²) >= 11 is 0. The number of amides is 1. The van der Waals surface area contributed by atoms with Crippen LogP contribution in [0, 0.1) is 0 Å². The van der Waals surface area contributed by atoms with Crippen molar-refractivity contribution >= 4 is 11.6 Å². The number of carbonyl (C=O) groups is 1. The Morgan fingerprint density at radius 2 is 2.04 bits per heavy atom. The Kier molecular flexibility index (Phi) is 6.57. The second-order valence-electron chi connectivity index (χ2n) is 7.36. The predicted molar refractivity (Wildman–Crippen MR) is 112 cm³/mol. The van der Waals surface area contributed by atoms with E-state index in [9.17, 15) is 4.79 Å². The van der Waals surface area contributed by atoms with Gasteiger partial charge in [0, 0.05) is 29.8 Å². The number of hydrogen-bond acceptors (Lipinski definition) is 4. The maximum absolute atomic E-state index is 12.5. The lowest BCUT2D eigenvalue weighted by atomic mass is 10.1. The molecule has 2 aromatic carbocycles. The maximum Gasteiger partial charge on any atom is 0.238 e. The first-order valence-corrected chi connectivity index (χ1v) is 10.0. The van der Waals surface area contributed by atoms with Crippen molar-refractivity contribution in [2.24, 2.45) is 0 Å². The lowest BCUT2D eigenvalue weighted by molar-refractivity contribution is -0.117. The third kappa shape index (κ3) is 4.84. The number of fused-ring (bicyclic) bond motifs is 1. The fourth-order valence-corrected chi connectivity index (χ4v) is 3.63. The number of para-hydroxylation sites is 1. The predicted octanol–water partition coefficient (Wildman–Crippen LogP) is 4.04. The minimum atomic E-state index is -0.0209. The summed E-state index contributed by atoms with van der Waals surface area (Å²) in [5.41, 5.74) is 4.26. The Morgan fingerprint density at radius 3 is 2.79 bits per heavy atom. The van der Waals surface area contributed by atoms with E-state index in [0.29, 0.717) is 19.7 Å². The molecule has 150 valence electrons. The normalized spacial score (nSPS) is 15.2. The molecule has 5 nitrogen and oxygen atoms in total. The van der Waals surface area contributed by atoms with Gasteiger partial charge >= 0.3 is 0 Å². The topological polar surface area (TPSA) is 50.8 Å². The zero-order valence-electron chi connectivity index (χ0n) is 17.2. The van der Waals surface area contributed by atoms with Gasteiger partial charge < -0.3 is 14.8 Å². The number of nitrogens with zero attached hydrogens (tertiary/aromatic N) is 1. The average Bonchev–Trinajstić information content (AvgIpc) is 3.01. The van der Waals surface area contributed by atoms with Gasteiger partial charge in [-0.1, -0.05) is 25.1 Å². The van der Waals surface area contributed by atoms with Gasteiger partial charge in [0.15, 0.2) is 0 Å². The van der Waals surface area contributed by atoms with Crippen LogP contribution in [0.15, 0.2) is 36.4 Å². The van der Waals surface area contributed by atoms with E-state index in [-0.39, 0.29) is 12.0 Å². The summed E-state index contributed by atoms with van der Waals surface area (Å²) < 4.78 is 11.7. The van der Waals surface area contributed by atoms with Crippen LogP contribution in [0.4, 0.5) is 5.69 Å². The molecule has 0 spiro atoms. The first-order valence-electron chi connectivity index (χ1n) is 10.0. The summed E-state index contributed by atoms with van der Waals surface area (Å²) in [6, 6.07) is 12.1. The van der Waals surface area contributed by atoms with E-state index in [0.717, 1.165) is 41.2 Å². The molecule has 1 amide bonds. The van der Waals surface area contributed by atoms with E-state index in [1.54, 1.807) is 0 Å². The van der Waals surface area contributed by atoms with E-state index in [2.05, 4.69) is 31.3 Å². The Hall–Kier alpha value is -2.53. The molecule has 0 bridgehead atoms. The number of hydrogen-bond donors (Lipinski definition) is 1. The van der Waals surface area contributed by atoms with Gasteiger partial charge in [0.25, 0.3) is 0 Å². The third-order valence-corrected chi connectivity index (χ3v) is 4.91. The van der Waals surface area contributed by atoms with Gasteiger partial charge in [-0.2, -0.15) is 0 Å². The Balaban J connectivity index is 1.66.